The van der Waals surface area contributed by atoms with Crippen molar-refractivity contribution in [1.29, 1.82) is 0 Å². The number of nitrogens with one attached hydrogen (secondary N) is 2. The predicted molar refractivity (Wildman–Crippen MR) is 120 cm³/mol. The van der Waals surface area contributed by atoms with Gasteiger partial charge in [0.25, 0.3) is 17.5 Å². The normalized spacial score (nSPS) is 11.5. The summed E-state index contributed by atoms with van der Waals surface area (Å²) in [6.45, 7) is 5.24. The lowest BCUT2D eigenvalue weighted by Gasteiger charge is -2.19. The molecule has 2 N–H and O–H groups in total. The summed E-state index contributed by atoms with van der Waals surface area (Å²) in [6, 6.07) is 8.61. The summed E-state index contributed by atoms with van der Waals surface area (Å²) >= 11 is 0. The lowest BCUT2D eigenvalue weighted by molar-refractivity contribution is -0.384. The van der Waals surface area contributed by atoms with Crippen LogP contribution in [0.15, 0.2) is 42.5 Å². The van der Waals surface area contributed by atoms with Crippen LogP contribution in [0.5, 0.6) is 0 Å². The Labute approximate surface area is 198 Å². The van der Waals surface area contributed by atoms with Gasteiger partial charge >= 0.3 is 12.1 Å². The number of halogens is 3. The lowest BCUT2D eigenvalue weighted by Crippen LogP contribution is -2.28. The first-order valence-electron chi connectivity index (χ1n) is 10.4. The minimum Gasteiger partial charge on any atom is -0.456 e. The van der Waals surface area contributed by atoms with E-state index in [9.17, 15) is 37.7 Å². The van der Waals surface area contributed by atoms with E-state index in [0.717, 1.165) is 11.6 Å². The highest BCUT2D eigenvalue weighted by molar-refractivity contribution is 5.95. The standard InChI is InChI=1S/C23H24F3N3O6/c1-22(2,3)15-6-4-14(5-7-15)21(32)27-11-10-20(31)35-13-19(30)28-17-9-8-16(23(24,25)26)12-18(17)29(33)34/h4-9,12H,10-11,13H2,1-3H3,(H,27,32)(H,28,30). The fourth-order valence-electron chi connectivity index (χ4n) is 2.87. The maximum atomic E-state index is 12.7. The summed E-state index contributed by atoms with van der Waals surface area (Å²) in [7, 11) is 0. The third kappa shape index (κ3) is 8.09. The van der Waals surface area contributed by atoms with E-state index >= 15 is 0 Å². The molecule has 2 aromatic carbocycles. The lowest BCUT2D eigenvalue weighted by atomic mass is 9.87. The van der Waals surface area contributed by atoms with Gasteiger partial charge in [0.1, 0.15) is 5.69 Å². The Hall–Kier alpha value is -3.96. The zero-order valence-electron chi connectivity index (χ0n) is 19.2. The fourth-order valence-corrected chi connectivity index (χ4v) is 2.87. The van der Waals surface area contributed by atoms with E-state index in [1.807, 2.05) is 38.2 Å². The summed E-state index contributed by atoms with van der Waals surface area (Å²) in [5.74, 6) is -2.21. The first-order chi connectivity index (χ1) is 16.2. The van der Waals surface area contributed by atoms with Crippen LogP contribution < -0.4 is 10.6 Å². The van der Waals surface area contributed by atoms with Gasteiger partial charge in [-0.1, -0.05) is 32.9 Å². The Kier molecular flexibility index (Phi) is 8.56. The molecule has 0 aromatic heterocycles. The molecule has 0 spiro atoms. The maximum absolute atomic E-state index is 12.7. The highest BCUT2D eigenvalue weighted by Crippen LogP contribution is 2.34. The molecule has 0 radical (unpaired) electrons. The number of amides is 2. The maximum Gasteiger partial charge on any atom is 0.416 e. The van der Waals surface area contributed by atoms with Gasteiger partial charge in [-0.2, -0.15) is 13.2 Å². The summed E-state index contributed by atoms with van der Waals surface area (Å²) in [4.78, 5) is 45.9. The number of nitro benzene ring substituents is 1. The first-order valence-corrected chi connectivity index (χ1v) is 10.4. The van der Waals surface area contributed by atoms with Crippen molar-refractivity contribution >= 4 is 29.2 Å². The van der Waals surface area contributed by atoms with E-state index in [2.05, 4.69) is 5.32 Å². The SMILES string of the molecule is CC(C)(C)c1ccc(C(=O)NCCC(=O)OCC(=O)Nc2ccc(C(F)(F)F)cc2[N+](=O)[O-])cc1. The number of alkyl halides is 3. The number of rotatable bonds is 8. The molecule has 0 saturated heterocycles. The van der Waals surface area contributed by atoms with E-state index in [1.54, 1.807) is 12.1 Å². The first kappa shape index (κ1) is 27.3. The number of nitro groups is 1. The second kappa shape index (κ2) is 11.0. The van der Waals surface area contributed by atoms with Crippen LogP contribution >= 0.6 is 0 Å². The van der Waals surface area contributed by atoms with Crippen LogP contribution in [-0.2, 0) is 25.9 Å². The third-order valence-corrected chi connectivity index (χ3v) is 4.79. The van der Waals surface area contributed by atoms with Crippen molar-refractivity contribution in [2.45, 2.75) is 38.8 Å². The fraction of sp³-hybridized carbons (Fsp3) is 0.348. The topological polar surface area (TPSA) is 128 Å². The third-order valence-electron chi connectivity index (χ3n) is 4.79. The Bertz CT molecular complexity index is 1110. The molecule has 0 unspecified atom stereocenters. The molecule has 2 amide bonds. The van der Waals surface area contributed by atoms with E-state index in [0.29, 0.717) is 17.7 Å². The smallest absolute Gasteiger partial charge is 0.416 e. The van der Waals surface area contributed by atoms with E-state index in [1.165, 1.54) is 0 Å². The van der Waals surface area contributed by atoms with Gasteiger partial charge in [0.05, 0.1) is 16.9 Å². The molecule has 188 valence electrons. The monoisotopic (exact) mass is 495 g/mol. The van der Waals surface area contributed by atoms with Gasteiger partial charge in [-0.25, -0.2) is 0 Å². The molecule has 0 aliphatic carbocycles. The molecule has 12 heteroatoms. The number of carbonyl (C=O) groups is 3. The van der Waals surface area contributed by atoms with Gasteiger partial charge in [0, 0.05) is 18.2 Å². The zero-order valence-corrected chi connectivity index (χ0v) is 19.2. The van der Waals surface area contributed by atoms with Gasteiger partial charge in [-0.3, -0.25) is 24.5 Å². The number of ether oxygens (including phenoxy) is 1. The highest BCUT2D eigenvalue weighted by Gasteiger charge is 2.33. The van der Waals surface area contributed by atoms with E-state index in [4.69, 9.17) is 4.74 Å². The molecule has 0 heterocycles. The minimum atomic E-state index is -4.80. The van der Waals surface area contributed by atoms with Gasteiger partial charge < -0.3 is 15.4 Å². The molecule has 2 aromatic rings. The van der Waals surface area contributed by atoms with Crippen molar-refractivity contribution in [3.05, 3.63) is 69.3 Å². The van der Waals surface area contributed by atoms with Crippen LogP contribution in [-0.4, -0.2) is 35.9 Å². The molecular formula is C23H24F3N3O6. The van der Waals surface area contributed by atoms with Crippen LogP contribution in [0.3, 0.4) is 0 Å². The van der Waals surface area contributed by atoms with Crippen LogP contribution in [0, 0.1) is 10.1 Å². The Balaban J connectivity index is 1.82. The number of carbonyl (C=O) groups excluding carboxylic acids is 3. The summed E-state index contributed by atoms with van der Waals surface area (Å²) < 4.78 is 43.0. The molecule has 35 heavy (non-hydrogen) atoms. The molecule has 0 saturated carbocycles. The van der Waals surface area contributed by atoms with Crippen molar-refractivity contribution in [2.24, 2.45) is 0 Å². The quantitative estimate of drug-likeness (QED) is 0.321. The average molecular weight is 495 g/mol. The van der Waals surface area contributed by atoms with Gasteiger partial charge in [0.15, 0.2) is 6.61 Å². The molecule has 0 aliphatic rings. The van der Waals surface area contributed by atoms with Crippen LogP contribution in [0.2, 0.25) is 0 Å². The van der Waals surface area contributed by atoms with Crippen molar-refractivity contribution < 1.29 is 37.2 Å². The molecule has 9 nitrogen and oxygen atoms in total. The van der Waals surface area contributed by atoms with Crippen LogP contribution in [0.4, 0.5) is 24.5 Å². The number of hydrogen-bond donors (Lipinski definition) is 2. The highest BCUT2D eigenvalue weighted by atomic mass is 19.4. The zero-order chi connectivity index (χ0) is 26.4. The van der Waals surface area contributed by atoms with Crippen molar-refractivity contribution in [1.82, 2.24) is 5.32 Å². The molecular weight excluding hydrogens is 471 g/mol. The number of hydrogen-bond acceptors (Lipinski definition) is 6. The number of nitrogens with zero attached hydrogens (tertiary/aromatic N) is 1. The predicted octanol–water partition coefficient (Wildman–Crippen LogP) is 4.21. The van der Waals surface area contributed by atoms with E-state index in [-0.39, 0.29) is 18.4 Å². The number of anilines is 1. The number of benzene rings is 2. The van der Waals surface area contributed by atoms with Crippen molar-refractivity contribution in [3.63, 3.8) is 0 Å². The molecule has 0 aliphatic heterocycles. The summed E-state index contributed by atoms with van der Waals surface area (Å²) in [6.07, 6.45) is -5.05. The summed E-state index contributed by atoms with van der Waals surface area (Å²) in [5.41, 5.74) is -1.29. The Morgan fingerprint density at radius 2 is 1.60 bits per heavy atom. The average Bonchev–Trinajstić information content (AvgIpc) is 2.76. The Morgan fingerprint density at radius 1 is 1.00 bits per heavy atom. The van der Waals surface area contributed by atoms with Crippen molar-refractivity contribution in [2.75, 3.05) is 18.5 Å². The second-order valence-electron chi connectivity index (χ2n) is 8.53. The summed E-state index contributed by atoms with van der Waals surface area (Å²) in [5, 5.41) is 15.6. The van der Waals surface area contributed by atoms with Gasteiger partial charge in [-0.15, -0.1) is 0 Å². The molecule has 0 bridgehead atoms. The van der Waals surface area contributed by atoms with Crippen LogP contribution in [0.1, 0.15) is 48.7 Å². The largest absolute Gasteiger partial charge is 0.456 e. The second-order valence-corrected chi connectivity index (χ2v) is 8.53. The molecule has 2 rings (SSSR count). The van der Waals surface area contributed by atoms with Crippen molar-refractivity contribution in [3.8, 4) is 0 Å². The van der Waals surface area contributed by atoms with Crippen LogP contribution in [0.25, 0.3) is 0 Å². The number of esters is 1. The van der Waals surface area contributed by atoms with Gasteiger partial charge in [0.2, 0.25) is 0 Å². The molecule has 0 fully saturated rings. The molecule has 0 atom stereocenters. The Morgan fingerprint density at radius 3 is 2.14 bits per heavy atom. The van der Waals surface area contributed by atoms with Gasteiger partial charge in [-0.05, 0) is 35.2 Å². The minimum absolute atomic E-state index is 0.0648. The van der Waals surface area contributed by atoms with E-state index < -0.39 is 52.4 Å².